The lowest BCUT2D eigenvalue weighted by Crippen LogP contribution is -2.22. The van der Waals surface area contributed by atoms with Crippen LogP contribution in [0.4, 0.5) is 0 Å². The first-order valence-corrected chi connectivity index (χ1v) is 12.3. The van der Waals surface area contributed by atoms with Crippen molar-refractivity contribution in [1.82, 2.24) is 0 Å². The highest BCUT2D eigenvalue weighted by molar-refractivity contribution is 7.34. The van der Waals surface area contributed by atoms with Crippen molar-refractivity contribution < 1.29 is 13.7 Å². The Bertz CT molecular complexity index is 246. The van der Waals surface area contributed by atoms with Crippen molar-refractivity contribution in [2.75, 3.05) is 0 Å². The summed E-state index contributed by atoms with van der Waals surface area (Å²) in [7, 11) is -4.31. The minimum absolute atomic E-state index is 0.687. The quantitative estimate of drug-likeness (QED) is 0.334. The summed E-state index contributed by atoms with van der Waals surface area (Å²) in [6.07, 6.45) is 9.83. The van der Waals surface area contributed by atoms with Gasteiger partial charge in [-0.2, -0.15) is 0 Å². The van der Waals surface area contributed by atoms with Crippen LogP contribution in [0.25, 0.3) is 0 Å². The summed E-state index contributed by atoms with van der Waals surface area (Å²) in [6.45, 7) is 8.93. The minimum Gasteiger partial charge on any atom is -0.356 e. The van der Waals surface area contributed by atoms with E-state index in [2.05, 4.69) is 27.7 Å². The zero-order valence-electron chi connectivity index (χ0n) is 14.6. The average Bonchev–Trinajstić information content (AvgIpc) is 2.46. The molecule has 0 bridgehead atoms. The van der Waals surface area contributed by atoms with Gasteiger partial charge in [0.15, 0.2) is 9.04 Å². The van der Waals surface area contributed by atoms with Crippen LogP contribution >= 0.6 is 8.25 Å². The van der Waals surface area contributed by atoms with Gasteiger partial charge in [0.1, 0.15) is 0 Å². The Labute approximate surface area is 134 Å². The van der Waals surface area contributed by atoms with E-state index in [4.69, 9.17) is 4.21 Å². The Balaban J connectivity index is 4.49. The Morgan fingerprint density at radius 2 is 1.38 bits per heavy atom. The normalized spacial score (nSPS) is 17.4. The predicted molar refractivity (Wildman–Crippen MR) is 95.7 cm³/mol. The predicted octanol–water partition coefficient (Wildman–Crippen LogP) is 5.54. The van der Waals surface area contributed by atoms with E-state index in [1.54, 1.807) is 0 Å². The van der Waals surface area contributed by atoms with Crippen molar-refractivity contribution in [2.45, 2.75) is 91.1 Å². The number of hydrogen-bond acceptors (Lipinski definition) is 2. The summed E-state index contributed by atoms with van der Waals surface area (Å²) in [5, 5.41) is 0. The topological polar surface area (TPSA) is 46.5 Å². The van der Waals surface area contributed by atoms with Crippen LogP contribution in [0.1, 0.15) is 79.1 Å². The van der Waals surface area contributed by atoms with Crippen LogP contribution in [0.5, 0.6) is 0 Å². The molecule has 0 saturated heterocycles. The Hall–Kier alpha value is 0.367. The molecular formula is C16H37O3PSi. The van der Waals surface area contributed by atoms with E-state index in [9.17, 15) is 9.46 Å². The molecule has 5 heteroatoms. The monoisotopic (exact) mass is 336 g/mol. The molecule has 3 nitrogen and oxygen atoms in total. The maximum atomic E-state index is 11.2. The molecule has 0 aliphatic heterocycles. The van der Waals surface area contributed by atoms with Crippen molar-refractivity contribution in [3.05, 3.63) is 0 Å². The lowest BCUT2D eigenvalue weighted by Gasteiger charge is -2.24. The number of hydrogen-bond donors (Lipinski definition) is 1. The molecule has 3 atom stereocenters. The zero-order valence-corrected chi connectivity index (χ0v) is 16.7. The molecular weight excluding hydrogens is 299 g/mol. The molecule has 0 aromatic rings. The van der Waals surface area contributed by atoms with Gasteiger partial charge in [-0.15, -0.1) is 0 Å². The van der Waals surface area contributed by atoms with Crippen LogP contribution in [-0.4, -0.2) is 13.9 Å². The van der Waals surface area contributed by atoms with Crippen molar-refractivity contribution in [3.8, 4) is 0 Å². The highest BCUT2D eigenvalue weighted by Crippen LogP contribution is 2.30. The van der Waals surface area contributed by atoms with E-state index in [-0.39, 0.29) is 0 Å². The van der Waals surface area contributed by atoms with Gasteiger partial charge < -0.3 is 9.11 Å². The van der Waals surface area contributed by atoms with Crippen molar-refractivity contribution in [1.29, 1.82) is 0 Å². The first-order valence-electron chi connectivity index (χ1n) is 8.96. The van der Waals surface area contributed by atoms with Crippen LogP contribution in [0.15, 0.2) is 0 Å². The van der Waals surface area contributed by atoms with Crippen molar-refractivity contribution in [3.63, 3.8) is 0 Å². The largest absolute Gasteiger partial charge is 0.356 e. The molecule has 0 aliphatic carbocycles. The van der Waals surface area contributed by atoms with Crippen LogP contribution in [0.3, 0.4) is 0 Å². The summed E-state index contributed by atoms with van der Waals surface area (Å²) in [6, 6.07) is 2.16. The van der Waals surface area contributed by atoms with Gasteiger partial charge in [0.05, 0.1) is 0 Å². The standard InChI is InChI=1S/C16H37O3PSi/c1-5-9-11-15(7-3)13-21(19-20(17)18)14-16(8-4)12-10-6-2/h15-16,20-21H,5-14H2,1-4H3,(H,17,18). The Morgan fingerprint density at radius 3 is 1.67 bits per heavy atom. The molecule has 0 saturated carbocycles. The maximum absolute atomic E-state index is 11.2. The average molecular weight is 337 g/mol. The van der Waals surface area contributed by atoms with E-state index >= 15 is 0 Å². The van der Waals surface area contributed by atoms with E-state index in [1.165, 1.54) is 51.4 Å². The fourth-order valence-corrected chi connectivity index (χ4v) is 7.77. The van der Waals surface area contributed by atoms with Gasteiger partial charge in [-0.3, -0.25) is 4.57 Å². The number of unbranched alkanes of at least 4 members (excludes halogenated alkanes) is 2. The lowest BCUT2D eigenvalue weighted by atomic mass is 10.0. The molecule has 0 rings (SSSR count). The second kappa shape index (κ2) is 14.0. The molecule has 0 aromatic carbocycles. The van der Waals surface area contributed by atoms with E-state index in [0.29, 0.717) is 11.8 Å². The van der Waals surface area contributed by atoms with Crippen LogP contribution in [-0.2, 0) is 8.78 Å². The van der Waals surface area contributed by atoms with E-state index in [0.717, 1.165) is 12.1 Å². The molecule has 0 fully saturated rings. The second-order valence-electron chi connectivity index (χ2n) is 6.31. The second-order valence-corrected chi connectivity index (χ2v) is 9.97. The van der Waals surface area contributed by atoms with Gasteiger partial charge in [-0.25, -0.2) is 0 Å². The van der Waals surface area contributed by atoms with Crippen molar-refractivity contribution >= 4 is 17.3 Å². The third-order valence-electron chi connectivity index (χ3n) is 4.55. The molecule has 3 unspecified atom stereocenters. The lowest BCUT2D eigenvalue weighted by molar-refractivity contribution is 0.391. The first kappa shape index (κ1) is 21.4. The zero-order chi connectivity index (χ0) is 16.1. The molecule has 128 valence electrons. The highest BCUT2D eigenvalue weighted by atomic mass is 31.1. The molecule has 0 aliphatic rings. The molecule has 0 aromatic heterocycles. The summed E-state index contributed by atoms with van der Waals surface area (Å²) >= 11 is 0. The maximum Gasteiger partial charge on any atom is 0.306 e. The fraction of sp³-hybridized carbons (Fsp3) is 1.00. The van der Waals surface area contributed by atoms with Gasteiger partial charge in [-0.05, 0) is 23.9 Å². The fourth-order valence-electron chi connectivity index (χ4n) is 3.04. The minimum atomic E-state index is -2.77. The summed E-state index contributed by atoms with van der Waals surface area (Å²) < 4.78 is 16.7. The van der Waals surface area contributed by atoms with Gasteiger partial charge >= 0.3 is 8.25 Å². The van der Waals surface area contributed by atoms with Gasteiger partial charge in [0, 0.05) is 0 Å². The van der Waals surface area contributed by atoms with Crippen LogP contribution in [0.2, 0.25) is 12.1 Å². The number of rotatable bonds is 14. The highest BCUT2D eigenvalue weighted by Gasteiger charge is 2.23. The van der Waals surface area contributed by atoms with E-state index < -0.39 is 17.3 Å². The Kier molecular flexibility index (Phi) is 14.2. The van der Waals surface area contributed by atoms with Crippen LogP contribution in [0, 0.1) is 11.8 Å². The first-order chi connectivity index (χ1) is 10.1. The molecule has 1 N–H and O–H groups in total. The smallest absolute Gasteiger partial charge is 0.306 e. The molecule has 0 amide bonds. The summed E-state index contributed by atoms with van der Waals surface area (Å²) in [4.78, 5) is 9.20. The third kappa shape index (κ3) is 11.6. The van der Waals surface area contributed by atoms with Gasteiger partial charge in [-0.1, -0.05) is 79.1 Å². The summed E-state index contributed by atoms with van der Waals surface area (Å²) in [5.41, 5.74) is 0. The van der Waals surface area contributed by atoms with Gasteiger partial charge in [0.25, 0.3) is 0 Å². The Morgan fingerprint density at radius 1 is 0.952 bits per heavy atom. The SMILES string of the molecule is CCCCC(CC)C[SiH](CC(CC)CCCC)O[PH](=O)O. The molecule has 0 radical (unpaired) electrons. The van der Waals surface area contributed by atoms with E-state index in [1.807, 2.05) is 0 Å². The molecule has 21 heavy (non-hydrogen) atoms. The van der Waals surface area contributed by atoms with Gasteiger partial charge in [0.2, 0.25) is 0 Å². The van der Waals surface area contributed by atoms with Crippen molar-refractivity contribution in [2.24, 2.45) is 11.8 Å². The molecule has 0 heterocycles. The third-order valence-corrected chi connectivity index (χ3v) is 9.07. The molecule has 0 spiro atoms. The van der Waals surface area contributed by atoms with Crippen LogP contribution < -0.4 is 0 Å². The summed E-state index contributed by atoms with van der Waals surface area (Å²) in [5.74, 6) is 1.37.